The molecule has 0 aliphatic carbocycles. The van der Waals surface area contributed by atoms with Crippen LogP contribution in [0.1, 0.15) is 17.0 Å². The van der Waals surface area contributed by atoms with Gasteiger partial charge in [0.1, 0.15) is 0 Å². The molecular formula is C20H24N6OS. The zero-order valence-electron chi connectivity index (χ0n) is 16.2. The minimum atomic E-state index is 0.152. The zero-order valence-corrected chi connectivity index (χ0v) is 17.0. The number of nitrogens with zero attached hydrogens (tertiary/aromatic N) is 6. The van der Waals surface area contributed by atoms with Gasteiger partial charge in [0.2, 0.25) is 5.91 Å². The smallest absolute Gasteiger partial charge is 0.256 e. The van der Waals surface area contributed by atoms with Crippen molar-refractivity contribution in [2.24, 2.45) is 0 Å². The molecule has 1 fully saturated rings. The van der Waals surface area contributed by atoms with Gasteiger partial charge in [0.15, 0.2) is 5.16 Å². The third-order valence-corrected chi connectivity index (χ3v) is 5.88. The Morgan fingerprint density at radius 3 is 2.57 bits per heavy atom. The lowest BCUT2D eigenvalue weighted by atomic mass is 10.2. The summed E-state index contributed by atoms with van der Waals surface area (Å²) in [6.45, 7) is 8.23. The largest absolute Gasteiger partial charge is 0.339 e. The number of rotatable bonds is 5. The van der Waals surface area contributed by atoms with Gasteiger partial charge in [-0.2, -0.15) is 0 Å². The van der Waals surface area contributed by atoms with E-state index in [1.165, 1.54) is 17.3 Å². The van der Waals surface area contributed by atoms with Crippen molar-refractivity contribution in [3.63, 3.8) is 0 Å². The highest BCUT2D eigenvalue weighted by atomic mass is 32.2. The number of aryl methyl sites for hydroxylation is 2. The summed E-state index contributed by atoms with van der Waals surface area (Å²) in [6, 6.07) is 12.5. The number of carbonyl (C=O) groups is 1. The van der Waals surface area contributed by atoms with E-state index in [-0.39, 0.29) is 5.91 Å². The number of carbonyl (C=O) groups excluding carboxylic acids is 1. The highest BCUT2D eigenvalue weighted by Crippen LogP contribution is 2.19. The number of hydrogen-bond acceptors (Lipinski definition) is 6. The number of amides is 1. The monoisotopic (exact) mass is 396 g/mol. The van der Waals surface area contributed by atoms with E-state index in [9.17, 15) is 4.79 Å². The fourth-order valence-corrected chi connectivity index (χ4v) is 4.40. The Kier molecular flexibility index (Phi) is 5.59. The molecule has 1 aliphatic heterocycles. The zero-order chi connectivity index (χ0) is 19.5. The molecule has 3 aromatic rings. The highest BCUT2D eigenvalue weighted by Gasteiger charge is 2.22. The van der Waals surface area contributed by atoms with Crippen molar-refractivity contribution in [2.45, 2.75) is 25.5 Å². The predicted molar refractivity (Wildman–Crippen MR) is 109 cm³/mol. The first-order valence-corrected chi connectivity index (χ1v) is 10.4. The molecule has 0 N–H and O–H groups in total. The standard InChI is InChI=1S/C20H24N6OS/c1-15-12-16(2)26-19(21-15)22-23-20(26)28-14-18(27)25-10-8-24(9-11-25)13-17-6-4-3-5-7-17/h3-7,12H,8-11,13-14H2,1-2H3. The van der Waals surface area contributed by atoms with Crippen LogP contribution in [-0.2, 0) is 11.3 Å². The number of hydrogen-bond donors (Lipinski definition) is 0. The van der Waals surface area contributed by atoms with Crippen LogP contribution in [0, 0.1) is 13.8 Å². The van der Waals surface area contributed by atoms with Crippen molar-refractivity contribution in [1.82, 2.24) is 29.4 Å². The van der Waals surface area contributed by atoms with Gasteiger partial charge in [-0.05, 0) is 25.5 Å². The molecule has 0 spiro atoms. The molecule has 4 rings (SSSR count). The van der Waals surface area contributed by atoms with Crippen molar-refractivity contribution in [1.29, 1.82) is 0 Å². The summed E-state index contributed by atoms with van der Waals surface area (Å²) < 4.78 is 1.91. The van der Waals surface area contributed by atoms with Crippen molar-refractivity contribution in [3.05, 3.63) is 53.3 Å². The lowest BCUT2D eigenvalue weighted by Crippen LogP contribution is -2.48. The van der Waals surface area contributed by atoms with Gasteiger partial charge in [-0.1, -0.05) is 42.1 Å². The van der Waals surface area contributed by atoms with Crippen LogP contribution in [0.4, 0.5) is 0 Å². The first-order chi connectivity index (χ1) is 13.6. The molecule has 1 aromatic carbocycles. The summed E-state index contributed by atoms with van der Waals surface area (Å²) in [5.74, 6) is 1.10. The highest BCUT2D eigenvalue weighted by molar-refractivity contribution is 7.99. The van der Waals surface area contributed by atoms with E-state index >= 15 is 0 Å². The third-order valence-electron chi connectivity index (χ3n) is 4.96. The van der Waals surface area contributed by atoms with Crippen LogP contribution in [0.3, 0.4) is 0 Å². The van der Waals surface area contributed by atoms with Crippen LogP contribution in [0.5, 0.6) is 0 Å². The Labute approximate surface area is 168 Å². The summed E-state index contributed by atoms with van der Waals surface area (Å²) in [5, 5.41) is 9.06. The quantitative estimate of drug-likeness (QED) is 0.616. The maximum Gasteiger partial charge on any atom is 0.256 e. The minimum Gasteiger partial charge on any atom is -0.339 e. The van der Waals surface area contributed by atoms with Gasteiger partial charge in [0, 0.05) is 44.1 Å². The number of benzene rings is 1. The lowest BCUT2D eigenvalue weighted by Gasteiger charge is -2.34. The second-order valence-electron chi connectivity index (χ2n) is 7.09. The number of piperazine rings is 1. The minimum absolute atomic E-state index is 0.152. The van der Waals surface area contributed by atoms with Crippen molar-refractivity contribution in [2.75, 3.05) is 31.9 Å². The predicted octanol–water partition coefficient (Wildman–Crippen LogP) is 2.18. The molecular weight excluding hydrogens is 372 g/mol. The summed E-state index contributed by atoms with van der Waals surface area (Å²) in [7, 11) is 0. The normalized spacial score (nSPS) is 15.3. The molecule has 0 bridgehead atoms. The molecule has 8 heteroatoms. The molecule has 1 saturated heterocycles. The fraction of sp³-hybridized carbons (Fsp3) is 0.400. The number of aromatic nitrogens is 4. The average molecular weight is 397 g/mol. The van der Waals surface area contributed by atoms with Crippen LogP contribution in [-0.4, -0.2) is 67.2 Å². The second-order valence-corrected chi connectivity index (χ2v) is 8.03. The van der Waals surface area contributed by atoms with E-state index in [1.54, 1.807) is 0 Å². The molecule has 1 amide bonds. The SMILES string of the molecule is Cc1cc(C)n2c(SCC(=O)N3CCN(Cc4ccccc4)CC3)nnc2n1. The van der Waals surface area contributed by atoms with Gasteiger partial charge < -0.3 is 4.90 Å². The van der Waals surface area contributed by atoms with E-state index in [4.69, 9.17) is 0 Å². The Morgan fingerprint density at radius 1 is 1.07 bits per heavy atom. The van der Waals surface area contributed by atoms with Gasteiger partial charge in [-0.3, -0.25) is 14.1 Å². The van der Waals surface area contributed by atoms with Crippen LogP contribution in [0.15, 0.2) is 41.6 Å². The molecule has 0 unspecified atom stereocenters. The average Bonchev–Trinajstić information content (AvgIpc) is 3.10. The molecule has 0 saturated carbocycles. The van der Waals surface area contributed by atoms with Crippen LogP contribution in [0.25, 0.3) is 5.78 Å². The first kappa shape index (κ1) is 18.9. The summed E-state index contributed by atoms with van der Waals surface area (Å²) in [6.07, 6.45) is 0. The summed E-state index contributed by atoms with van der Waals surface area (Å²) in [5.41, 5.74) is 3.26. The van der Waals surface area contributed by atoms with Gasteiger partial charge in [0.05, 0.1) is 5.75 Å². The summed E-state index contributed by atoms with van der Waals surface area (Å²) >= 11 is 1.43. The van der Waals surface area contributed by atoms with E-state index < -0.39 is 0 Å². The first-order valence-electron chi connectivity index (χ1n) is 9.46. The molecule has 146 valence electrons. The fourth-order valence-electron chi connectivity index (χ4n) is 3.51. The molecule has 1 aliphatic rings. The van der Waals surface area contributed by atoms with Crippen LogP contribution >= 0.6 is 11.8 Å². The maximum atomic E-state index is 12.6. The molecule has 0 atom stereocenters. The van der Waals surface area contributed by atoms with Gasteiger partial charge in [0.25, 0.3) is 5.78 Å². The van der Waals surface area contributed by atoms with Crippen LogP contribution in [0.2, 0.25) is 0 Å². The molecule has 0 radical (unpaired) electrons. The molecule has 28 heavy (non-hydrogen) atoms. The molecule has 2 aromatic heterocycles. The Hall–Kier alpha value is -2.45. The summed E-state index contributed by atoms with van der Waals surface area (Å²) in [4.78, 5) is 21.4. The number of thioether (sulfide) groups is 1. The lowest BCUT2D eigenvalue weighted by molar-refractivity contribution is -0.130. The van der Waals surface area contributed by atoms with Gasteiger partial charge in [-0.25, -0.2) is 4.98 Å². The van der Waals surface area contributed by atoms with Crippen molar-refractivity contribution >= 4 is 23.4 Å². The number of fused-ring (bicyclic) bond motifs is 1. The van der Waals surface area contributed by atoms with Crippen molar-refractivity contribution in [3.8, 4) is 0 Å². The van der Waals surface area contributed by atoms with Gasteiger partial charge in [-0.15, -0.1) is 10.2 Å². The van der Waals surface area contributed by atoms with Gasteiger partial charge >= 0.3 is 0 Å². The topological polar surface area (TPSA) is 66.6 Å². The Morgan fingerprint density at radius 2 is 1.82 bits per heavy atom. The van der Waals surface area contributed by atoms with Crippen LogP contribution < -0.4 is 0 Å². The molecule has 3 heterocycles. The van der Waals surface area contributed by atoms with E-state index in [1.807, 2.05) is 35.3 Å². The maximum absolute atomic E-state index is 12.6. The van der Waals surface area contributed by atoms with Crippen molar-refractivity contribution < 1.29 is 4.79 Å². The third kappa shape index (κ3) is 4.18. The van der Waals surface area contributed by atoms with E-state index in [0.29, 0.717) is 11.5 Å². The Balaban J connectivity index is 1.31. The molecule has 7 nitrogen and oxygen atoms in total. The Bertz CT molecular complexity index is 965. The second kappa shape index (κ2) is 8.28. The van der Waals surface area contributed by atoms with E-state index in [0.717, 1.165) is 49.3 Å². The van der Waals surface area contributed by atoms with E-state index in [2.05, 4.69) is 44.3 Å².